The molecule has 1 N–H and O–H groups in total. The molecule has 0 aliphatic heterocycles. The van der Waals surface area contributed by atoms with Crippen molar-refractivity contribution in [3.63, 3.8) is 0 Å². The van der Waals surface area contributed by atoms with E-state index in [-0.39, 0.29) is 5.28 Å². The molecule has 2 rings (SSSR count). The van der Waals surface area contributed by atoms with E-state index in [4.69, 9.17) is 11.6 Å². The first kappa shape index (κ1) is 15.3. The number of nitrogens with zero attached hydrogens (tertiary/aromatic N) is 4. The Hall–Kier alpha value is -1.10. The Labute approximate surface area is 126 Å². The van der Waals surface area contributed by atoms with Crippen LogP contribution in [-0.2, 0) is 0 Å². The van der Waals surface area contributed by atoms with E-state index in [0.717, 1.165) is 0 Å². The summed E-state index contributed by atoms with van der Waals surface area (Å²) in [4.78, 5) is 14.6. The van der Waals surface area contributed by atoms with Gasteiger partial charge in [0.15, 0.2) is 0 Å². The van der Waals surface area contributed by atoms with Crippen LogP contribution < -0.4 is 10.2 Å². The van der Waals surface area contributed by atoms with Crippen LogP contribution in [0.5, 0.6) is 0 Å². The van der Waals surface area contributed by atoms with E-state index in [0.29, 0.717) is 29.8 Å². The normalized spacial score (nSPS) is 22.9. The predicted octanol–water partition coefficient (Wildman–Crippen LogP) is 3.22. The minimum atomic E-state index is 0.239. The zero-order chi connectivity index (χ0) is 14.7. The first-order valence-corrected chi connectivity index (χ1v) is 7.70. The fraction of sp³-hybridized carbons (Fsp3) is 0.786. The molecule has 0 bridgehead atoms. The quantitative estimate of drug-likeness (QED) is 0.925. The summed E-state index contributed by atoms with van der Waals surface area (Å²) in [5.74, 6) is 2.51. The van der Waals surface area contributed by atoms with Crippen molar-refractivity contribution in [2.45, 2.75) is 45.6 Å². The van der Waals surface area contributed by atoms with E-state index >= 15 is 0 Å². The van der Waals surface area contributed by atoms with Gasteiger partial charge in [-0.05, 0) is 36.3 Å². The smallest absolute Gasteiger partial charge is 0.230 e. The van der Waals surface area contributed by atoms with Gasteiger partial charge in [0.05, 0.1) is 0 Å². The Bertz CT molecular complexity index is 449. The molecular formula is C14H24ClN5. The molecule has 0 spiro atoms. The van der Waals surface area contributed by atoms with Crippen molar-refractivity contribution in [2.24, 2.45) is 11.8 Å². The van der Waals surface area contributed by atoms with Crippen molar-refractivity contribution in [1.82, 2.24) is 15.0 Å². The molecule has 0 radical (unpaired) electrons. The number of aromatic nitrogens is 3. The first-order chi connectivity index (χ1) is 9.47. The number of halogens is 1. The minimum Gasteiger partial charge on any atom is -0.351 e. The second-order valence-corrected chi connectivity index (χ2v) is 6.40. The third kappa shape index (κ3) is 3.72. The third-order valence-corrected chi connectivity index (χ3v) is 4.16. The molecule has 1 saturated carbocycles. The maximum Gasteiger partial charge on any atom is 0.230 e. The highest BCUT2D eigenvalue weighted by atomic mass is 35.5. The first-order valence-electron chi connectivity index (χ1n) is 7.33. The zero-order valence-electron chi connectivity index (χ0n) is 12.7. The van der Waals surface area contributed by atoms with Gasteiger partial charge >= 0.3 is 0 Å². The molecule has 2 unspecified atom stereocenters. The molecule has 1 aliphatic rings. The second kappa shape index (κ2) is 6.57. The summed E-state index contributed by atoms with van der Waals surface area (Å²) in [6.07, 6.45) is 5.03. The Kier molecular flexibility index (Phi) is 5.02. The second-order valence-electron chi connectivity index (χ2n) is 6.07. The van der Waals surface area contributed by atoms with E-state index in [2.05, 4.69) is 34.1 Å². The maximum absolute atomic E-state index is 5.98. The third-order valence-electron chi connectivity index (χ3n) is 3.99. The van der Waals surface area contributed by atoms with Gasteiger partial charge in [0.1, 0.15) is 0 Å². The zero-order valence-corrected chi connectivity index (χ0v) is 13.5. The number of hydrogen-bond donors (Lipinski definition) is 1. The van der Waals surface area contributed by atoms with Gasteiger partial charge in [0, 0.05) is 20.1 Å². The molecule has 0 saturated heterocycles. The summed E-state index contributed by atoms with van der Waals surface area (Å²) in [6, 6.07) is 0.428. The van der Waals surface area contributed by atoms with Crippen LogP contribution in [0.1, 0.15) is 39.5 Å². The van der Waals surface area contributed by atoms with Crippen molar-refractivity contribution in [3.8, 4) is 0 Å². The van der Waals surface area contributed by atoms with Crippen LogP contribution in [0.3, 0.4) is 0 Å². The standard InChI is InChI=1S/C14H24ClN5/c1-9(2)10-7-5-6-8-11(10)16-13-17-12(15)18-14(19-13)20(3)4/h9-11H,5-8H2,1-4H3,(H,16,17,18,19). The summed E-state index contributed by atoms with van der Waals surface area (Å²) in [5.41, 5.74) is 0. The van der Waals surface area contributed by atoms with Crippen LogP contribution in [-0.4, -0.2) is 35.1 Å². The van der Waals surface area contributed by atoms with Crippen LogP contribution in [0.15, 0.2) is 0 Å². The van der Waals surface area contributed by atoms with Gasteiger partial charge < -0.3 is 10.2 Å². The molecule has 112 valence electrons. The predicted molar refractivity (Wildman–Crippen MR) is 83.4 cm³/mol. The molecule has 5 nitrogen and oxygen atoms in total. The lowest BCUT2D eigenvalue weighted by Crippen LogP contribution is -2.36. The van der Waals surface area contributed by atoms with Crippen molar-refractivity contribution < 1.29 is 0 Å². The molecule has 1 aromatic rings. The lowest BCUT2D eigenvalue weighted by molar-refractivity contribution is 0.253. The van der Waals surface area contributed by atoms with Crippen LogP contribution in [0.4, 0.5) is 11.9 Å². The molecular weight excluding hydrogens is 274 g/mol. The largest absolute Gasteiger partial charge is 0.351 e. The van der Waals surface area contributed by atoms with Gasteiger partial charge in [-0.15, -0.1) is 0 Å². The lowest BCUT2D eigenvalue weighted by Gasteiger charge is -2.34. The SMILES string of the molecule is CC(C)C1CCCCC1Nc1nc(Cl)nc(N(C)C)n1. The Morgan fingerprint density at radius 3 is 2.50 bits per heavy atom. The van der Waals surface area contributed by atoms with E-state index in [1.54, 1.807) is 0 Å². The van der Waals surface area contributed by atoms with Crippen molar-refractivity contribution in [2.75, 3.05) is 24.3 Å². The highest BCUT2D eigenvalue weighted by molar-refractivity contribution is 6.28. The molecule has 1 heterocycles. The summed E-state index contributed by atoms with van der Waals surface area (Å²) in [5, 5.41) is 3.71. The van der Waals surface area contributed by atoms with Gasteiger partial charge in [-0.1, -0.05) is 26.7 Å². The fourth-order valence-electron chi connectivity index (χ4n) is 2.91. The molecule has 1 aromatic heterocycles. The Morgan fingerprint density at radius 2 is 1.85 bits per heavy atom. The summed E-state index contributed by atoms with van der Waals surface area (Å²) < 4.78 is 0. The lowest BCUT2D eigenvalue weighted by atomic mass is 9.78. The van der Waals surface area contributed by atoms with Gasteiger partial charge in [0.25, 0.3) is 0 Å². The van der Waals surface area contributed by atoms with Gasteiger partial charge in [-0.25, -0.2) is 0 Å². The van der Waals surface area contributed by atoms with E-state index < -0.39 is 0 Å². The van der Waals surface area contributed by atoms with E-state index in [1.165, 1.54) is 25.7 Å². The fourth-order valence-corrected chi connectivity index (χ4v) is 3.06. The van der Waals surface area contributed by atoms with Gasteiger partial charge in [-0.3, -0.25) is 0 Å². The summed E-state index contributed by atoms with van der Waals surface area (Å²) in [7, 11) is 3.79. The van der Waals surface area contributed by atoms with Crippen LogP contribution >= 0.6 is 11.6 Å². The van der Waals surface area contributed by atoms with Gasteiger partial charge in [-0.2, -0.15) is 15.0 Å². The van der Waals surface area contributed by atoms with Crippen LogP contribution in [0.2, 0.25) is 5.28 Å². The molecule has 6 heteroatoms. The molecule has 20 heavy (non-hydrogen) atoms. The topological polar surface area (TPSA) is 53.9 Å². The highest BCUT2D eigenvalue weighted by Crippen LogP contribution is 2.32. The van der Waals surface area contributed by atoms with Crippen LogP contribution in [0, 0.1) is 11.8 Å². The average Bonchev–Trinajstić information content (AvgIpc) is 2.38. The monoisotopic (exact) mass is 297 g/mol. The number of nitrogens with one attached hydrogen (secondary N) is 1. The van der Waals surface area contributed by atoms with Crippen molar-refractivity contribution >= 4 is 23.5 Å². The number of hydrogen-bond acceptors (Lipinski definition) is 5. The number of anilines is 2. The highest BCUT2D eigenvalue weighted by Gasteiger charge is 2.28. The van der Waals surface area contributed by atoms with Crippen LogP contribution in [0.25, 0.3) is 0 Å². The number of rotatable bonds is 4. The summed E-state index contributed by atoms with van der Waals surface area (Å²) >= 11 is 5.98. The van der Waals surface area contributed by atoms with Crippen molar-refractivity contribution in [1.29, 1.82) is 0 Å². The molecule has 0 aromatic carbocycles. The molecule has 0 amide bonds. The molecule has 2 atom stereocenters. The average molecular weight is 298 g/mol. The molecule has 1 fully saturated rings. The van der Waals surface area contributed by atoms with E-state index in [1.807, 2.05) is 19.0 Å². The van der Waals surface area contributed by atoms with E-state index in [9.17, 15) is 0 Å². The maximum atomic E-state index is 5.98. The Balaban J connectivity index is 2.15. The van der Waals surface area contributed by atoms with Gasteiger partial charge in [0.2, 0.25) is 17.2 Å². The minimum absolute atomic E-state index is 0.239. The summed E-state index contributed by atoms with van der Waals surface area (Å²) in [6.45, 7) is 4.58. The molecule has 1 aliphatic carbocycles. The Morgan fingerprint density at radius 1 is 1.15 bits per heavy atom. The van der Waals surface area contributed by atoms with Crippen molar-refractivity contribution in [3.05, 3.63) is 5.28 Å².